The Morgan fingerprint density at radius 1 is 1.13 bits per heavy atom. The number of hydrogen-bond donors (Lipinski definition) is 3. The first-order chi connectivity index (χ1) is 14.7. The van der Waals surface area contributed by atoms with Crippen LogP contribution in [-0.4, -0.2) is 40.1 Å². The molecule has 11 heteroatoms. The molecule has 2 aliphatic rings. The van der Waals surface area contributed by atoms with E-state index in [2.05, 4.69) is 30.9 Å². The number of amides is 2. The molecule has 9 nitrogen and oxygen atoms in total. The van der Waals surface area contributed by atoms with Crippen molar-refractivity contribution in [1.29, 1.82) is 0 Å². The zero-order valence-electron chi connectivity index (χ0n) is 15.8. The maximum absolute atomic E-state index is 12.2. The van der Waals surface area contributed by atoms with E-state index < -0.39 is 0 Å². The normalized spacial score (nSPS) is 13.7. The van der Waals surface area contributed by atoms with Gasteiger partial charge in [-0.1, -0.05) is 0 Å². The summed E-state index contributed by atoms with van der Waals surface area (Å²) in [5, 5.41) is 9.46. The van der Waals surface area contributed by atoms with Crippen LogP contribution in [0.1, 0.15) is 10.6 Å². The second-order valence-electron chi connectivity index (χ2n) is 6.55. The lowest BCUT2D eigenvalue weighted by Gasteiger charge is -2.08. The zero-order chi connectivity index (χ0) is 20.3. The smallest absolute Gasteiger partial charge is 0.325 e. The number of hydrogen-bond acceptors (Lipinski definition) is 9. The summed E-state index contributed by atoms with van der Waals surface area (Å²) in [6.07, 6.45) is 5.17. The molecule has 1 aromatic carbocycles. The molecule has 0 unspecified atom stereocenters. The lowest BCUT2D eigenvalue weighted by Crippen LogP contribution is -2.19. The molecule has 2 amide bonds. The Morgan fingerprint density at radius 2 is 2.07 bits per heavy atom. The number of aryl methyl sites for hydroxylation is 1. The minimum absolute atomic E-state index is 0.195. The number of nitrogens with zero attached hydrogens (tertiary/aromatic N) is 3. The minimum atomic E-state index is -0.360. The van der Waals surface area contributed by atoms with E-state index in [1.807, 2.05) is 0 Å². The molecule has 30 heavy (non-hydrogen) atoms. The van der Waals surface area contributed by atoms with Crippen LogP contribution in [0.3, 0.4) is 0 Å². The van der Waals surface area contributed by atoms with Gasteiger partial charge < -0.3 is 20.1 Å². The number of benzene rings is 1. The highest BCUT2D eigenvalue weighted by Crippen LogP contribution is 2.35. The number of thiazole rings is 1. The van der Waals surface area contributed by atoms with Crippen molar-refractivity contribution in [2.75, 3.05) is 35.0 Å². The lowest BCUT2D eigenvalue weighted by molar-refractivity contribution is 0.174. The predicted molar refractivity (Wildman–Crippen MR) is 116 cm³/mol. The maximum Gasteiger partial charge on any atom is 0.325 e. The van der Waals surface area contributed by atoms with E-state index in [9.17, 15) is 4.79 Å². The number of ether oxygens (including phenoxy) is 2. The van der Waals surface area contributed by atoms with Crippen LogP contribution in [0.25, 0.3) is 0 Å². The number of aromatic nitrogens is 3. The Balaban J connectivity index is 1.12. The molecule has 0 fully saturated rings. The number of carbonyl (C=O) groups is 1. The first kappa shape index (κ1) is 18.9. The quantitative estimate of drug-likeness (QED) is 0.531. The van der Waals surface area contributed by atoms with Gasteiger partial charge in [0.1, 0.15) is 12.1 Å². The molecule has 4 heterocycles. The van der Waals surface area contributed by atoms with Gasteiger partial charge in [0.2, 0.25) is 6.79 Å². The monoisotopic (exact) mass is 442 g/mol. The average molecular weight is 443 g/mol. The Bertz CT molecular complexity index is 1090. The SMILES string of the molecule is O=C(Nc1ccc2c(c1)OCO2)Nc1ncc(CCNc2ncnc3c2SCC3)s1. The van der Waals surface area contributed by atoms with E-state index in [4.69, 9.17) is 9.47 Å². The standard InChI is InChI=1S/C19H18N6O3S2/c26-18(24-11-1-2-14-15(7-11)28-10-27-14)25-19-21-8-12(30-19)3-5-20-17-16-13(4-6-29-16)22-9-23-17/h1-2,7-9H,3-6,10H2,(H,20,22,23)(H2,21,24,25,26). The van der Waals surface area contributed by atoms with Gasteiger partial charge in [-0.25, -0.2) is 19.7 Å². The number of fused-ring (bicyclic) bond motifs is 2. The van der Waals surface area contributed by atoms with Crippen molar-refractivity contribution < 1.29 is 14.3 Å². The first-order valence-corrected chi connectivity index (χ1v) is 11.2. The third-order valence-electron chi connectivity index (χ3n) is 4.53. The van der Waals surface area contributed by atoms with Crippen LogP contribution < -0.4 is 25.4 Å². The largest absolute Gasteiger partial charge is 0.454 e. The second-order valence-corrected chi connectivity index (χ2v) is 8.77. The van der Waals surface area contributed by atoms with Gasteiger partial charge in [-0.15, -0.1) is 23.1 Å². The van der Waals surface area contributed by atoms with Crippen LogP contribution in [0.15, 0.2) is 35.6 Å². The molecule has 5 rings (SSSR count). The molecule has 0 atom stereocenters. The molecule has 3 aromatic rings. The van der Waals surface area contributed by atoms with Gasteiger partial charge in [0.05, 0.1) is 10.6 Å². The van der Waals surface area contributed by atoms with Crippen molar-refractivity contribution in [3.8, 4) is 11.5 Å². The van der Waals surface area contributed by atoms with Gasteiger partial charge >= 0.3 is 6.03 Å². The number of rotatable bonds is 6. The number of thioether (sulfide) groups is 1. The summed E-state index contributed by atoms with van der Waals surface area (Å²) in [5.74, 6) is 3.24. The molecule has 0 spiro atoms. The van der Waals surface area contributed by atoms with E-state index in [1.54, 1.807) is 42.5 Å². The number of urea groups is 1. The van der Waals surface area contributed by atoms with Crippen molar-refractivity contribution in [1.82, 2.24) is 15.0 Å². The lowest BCUT2D eigenvalue weighted by atomic mass is 10.3. The van der Waals surface area contributed by atoms with Crippen LogP contribution in [0.5, 0.6) is 11.5 Å². The summed E-state index contributed by atoms with van der Waals surface area (Å²) in [7, 11) is 0. The number of nitrogens with one attached hydrogen (secondary N) is 3. The van der Waals surface area contributed by atoms with Crippen LogP contribution >= 0.6 is 23.1 Å². The summed E-state index contributed by atoms with van der Waals surface area (Å²) in [6.45, 7) is 0.926. The third kappa shape index (κ3) is 4.12. The fourth-order valence-electron chi connectivity index (χ4n) is 3.13. The summed E-state index contributed by atoms with van der Waals surface area (Å²) in [6, 6.07) is 4.89. The summed E-state index contributed by atoms with van der Waals surface area (Å²) in [4.78, 5) is 27.4. The van der Waals surface area contributed by atoms with Crippen LogP contribution in [0, 0.1) is 0 Å². The fraction of sp³-hybridized carbons (Fsp3) is 0.263. The maximum atomic E-state index is 12.2. The molecular weight excluding hydrogens is 424 g/mol. The molecule has 0 saturated carbocycles. The highest BCUT2D eigenvalue weighted by Gasteiger charge is 2.18. The van der Waals surface area contributed by atoms with Gasteiger partial charge in [0.15, 0.2) is 16.6 Å². The van der Waals surface area contributed by atoms with Crippen LogP contribution in [0.2, 0.25) is 0 Å². The molecule has 0 saturated heterocycles. The Kier molecular flexibility index (Phi) is 5.28. The zero-order valence-corrected chi connectivity index (χ0v) is 17.4. The van der Waals surface area contributed by atoms with Gasteiger partial charge in [-0.3, -0.25) is 5.32 Å². The van der Waals surface area contributed by atoms with Crippen LogP contribution in [-0.2, 0) is 12.8 Å². The van der Waals surface area contributed by atoms with Crippen molar-refractivity contribution in [2.45, 2.75) is 17.7 Å². The van der Waals surface area contributed by atoms with Crippen molar-refractivity contribution >= 4 is 45.8 Å². The minimum Gasteiger partial charge on any atom is -0.454 e. The molecule has 2 aromatic heterocycles. The molecule has 0 bridgehead atoms. The summed E-state index contributed by atoms with van der Waals surface area (Å²) >= 11 is 3.24. The fourth-order valence-corrected chi connectivity index (χ4v) is 5.02. The molecule has 0 radical (unpaired) electrons. The highest BCUT2D eigenvalue weighted by molar-refractivity contribution is 7.99. The number of carbonyl (C=O) groups excluding carboxylic acids is 1. The van der Waals surface area contributed by atoms with E-state index in [-0.39, 0.29) is 12.8 Å². The van der Waals surface area contributed by atoms with E-state index >= 15 is 0 Å². The molecule has 0 aliphatic carbocycles. The van der Waals surface area contributed by atoms with E-state index in [0.29, 0.717) is 22.3 Å². The van der Waals surface area contributed by atoms with Crippen molar-refractivity contribution in [3.63, 3.8) is 0 Å². The van der Waals surface area contributed by atoms with Crippen molar-refractivity contribution in [3.05, 3.63) is 41.3 Å². The Labute approximate surface area is 180 Å². The van der Waals surface area contributed by atoms with Gasteiger partial charge in [-0.2, -0.15) is 0 Å². The Morgan fingerprint density at radius 3 is 3.03 bits per heavy atom. The molecular formula is C19H18N6O3S2. The highest BCUT2D eigenvalue weighted by atomic mass is 32.2. The van der Waals surface area contributed by atoms with E-state index in [0.717, 1.165) is 46.4 Å². The molecule has 154 valence electrons. The summed E-state index contributed by atoms with van der Waals surface area (Å²) in [5.41, 5.74) is 1.74. The van der Waals surface area contributed by atoms with Crippen molar-refractivity contribution in [2.24, 2.45) is 0 Å². The summed E-state index contributed by atoms with van der Waals surface area (Å²) < 4.78 is 10.6. The van der Waals surface area contributed by atoms with Gasteiger partial charge in [-0.05, 0) is 12.1 Å². The average Bonchev–Trinajstić information content (AvgIpc) is 3.48. The second kappa shape index (κ2) is 8.36. The third-order valence-corrected chi connectivity index (χ3v) is 6.63. The first-order valence-electron chi connectivity index (χ1n) is 9.37. The Hall–Kier alpha value is -3.05. The topological polar surface area (TPSA) is 110 Å². The van der Waals surface area contributed by atoms with Gasteiger partial charge in [0, 0.05) is 48.0 Å². The number of anilines is 3. The molecule has 3 N–H and O–H groups in total. The van der Waals surface area contributed by atoms with Crippen LogP contribution in [0.4, 0.5) is 21.4 Å². The predicted octanol–water partition coefficient (Wildman–Crippen LogP) is 3.61. The van der Waals surface area contributed by atoms with Gasteiger partial charge in [0.25, 0.3) is 0 Å². The van der Waals surface area contributed by atoms with E-state index in [1.165, 1.54) is 11.3 Å². The molecule has 2 aliphatic heterocycles.